The monoisotopic (exact) mass is 263 g/mol. The van der Waals surface area contributed by atoms with Gasteiger partial charge in [0.2, 0.25) is 5.91 Å². The number of carboxylic acids is 2. The highest BCUT2D eigenvalue weighted by atomic mass is 32.2. The predicted molar refractivity (Wildman–Crippen MR) is 58.7 cm³/mol. The fourth-order valence-corrected chi connectivity index (χ4v) is 2.40. The smallest absolute Gasteiger partial charge is 0.327 e. The number of nitrogens with zero attached hydrogens (tertiary/aromatic N) is 1. The summed E-state index contributed by atoms with van der Waals surface area (Å²) in [4.78, 5) is 33.8. The average molecular weight is 263 g/mol. The summed E-state index contributed by atoms with van der Waals surface area (Å²) >= 11 is 0.932. The van der Waals surface area contributed by atoms with Crippen molar-refractivity contribution in [3.8, 4) is 0 Å². The molecule has 0 bridgehead atoms. The fourth-order valence-electron chi connectivity index (χ4n) is 1.57. The van der Waals surface area contributed by atoms with Crippen molar-refractivity contribution in [3.05, 3.63) is 0 Å². The van der Waals surface area contributed by atoms with Crippen molar-refractivity contribution in [2.45, 2.75) is 18.6 Å². The molecule has 17 heavy (non-hydrogen) atoms. The minimum Gasteiger partial charge on any atom is -0.481 e. The van der Waals surface area contributed by atoms with E-state index in [2.05, 4.69) is 0 Å². The Morgan fingerprint density at radius 1 is 1.47 bits per heavy atom. The lowest BCUT2D eigenvalue weighted by Crippen LogP contribution is -2.44. The molecule has 1 unspecified atom stereocenters. The highest BCUT2D eigenvalue weighted by Crippen LogP contribution is 2.17. The molecule has 7 nitrogen and oxygen atoms in total. The first-order valence-corrected chi connectivity index (χ1v) is 6.07. The van der Waals surface area contributed by atoms with E-state index in [9.17, 15) is 19.5 Å². The molecule has 1 heterocycles. The fraction of sp³-hybridized carbons (Fsp3) is 0.667. The summed E-state index contributed by atoms with van der Waals surface area (Å²) in [5.41, 5.74) is 0. The number of β-amino-alcohol motifs (C(OH)–C–C–N with tert-alkyl or cyclic N) is 1. The quantitative estimate of drug-likeness (QED) is 0.554. The van der Waals surface area contributed by atoms with E-state index in [0.717, 1.165) is 16.7 Å². The summed E-state index contributed by atoms with van der Waals surface area (Å²) in [5.74, 6) is -2.85. The van der Waals surface area contributed by atoms with Crippen LogP contribution in [0.15, 0.2) is 0 Å². The molecule has 1 rings (SSSR count). The van der Waals surface area contributed by atoms with Crippen molar-refractivity contribution in [2.75, 3.05) is 18.1 Å². The number of aliphatic hydroxyl groups is 1. The Kier molecular flexibility index (Phi) is 4.76. The van der Waals surface area contributed by atoms with Crippen molar-refractivity contribution in [1.82, 2.24) is 4.90 Å². The van der Waals surface area contributed by atoms with E-state index >= 15 is 0 Å². The molecule has 2 atom stereocenters. The second-order valence-electron chi connectivity index (χ2n) is 3.67. The Bertz CT molecular complexity index is 333. The topological polar surface area (TPSA) is 115 Å². The van der Waals surface area contributed by atoms with Crippen LogP contribution < -0.4 is 0 Å². The molecular formula is C9H13NO6S. The van der Waals surface area contributed by atoms with Gasteiger partial charge >= 0.3 is 11.9 Å². The predicted octanol–water partition coefficient (Wildman–Crippen LogP) is -1.15. The third-order valence-corrected chi connectivity index (χ3v) is 3.30. The molecule has 0 aromatic carbocycles. The van der Waals surface area contributed by atoms with Crippen molar-refractivity contribution in [3.63, 3.8) is 0 Å². The number of carbonyl (C=O) groups is 3. The Morgan fingerprint density at radius 3 is 2.53 bits per heavy atom. The third kappa shape index (κ3) is 3.90. The average Bonchev–Trinajstić information content (AvgIpc) is 2.51. The number of thioether (sulfide) groups is 1. The van der Waals surface area contributed by atoms with E-state index in [4.69, 9.17) is 10.2 Å². The zero-order chi connectivity index (χ0) is 13.0. The molecule has 3 N–H and O–H groups in total. The molecule has 1 saturated heterocycles. The Balaban J connectivity index is 2.57. The number of aliphatic carboxylic acids is 2. The van der Waals surface area contributed by atoms with Gasteiger partial charge in [0.05, 0.1) is 18.3 Å². The first-order valence-electron chi connectivity index (χ1n) is 4.91. The lowest BCUT2D eigenvalue weighted by atomic mass is 10.3. The van der Waals surface area contributed by atoms with Gasteiger partial charge in [-0.05, 0) is 0 Å². The summed E-state index contributed by atoms with van der Waals surface area (Å²) < 4.78 is 0. The van der Waals surface area contributed by atoms with Crippen LogP contribution in [-0.4, -0.2) is 68.3 Å². The van der Waals surface area contributed by atoms with Gasteiger partial charge in [0.15, 0.2) is 0 Å². The molecule has 1 aliphatic heterocycles. The summed E-state index contributed by atoms with van der Waals surface area (Å²) in [5, 5.41) is 26.7. The molecule has 0 spiro atoms. The number of aliphatic hydroxyl groups excluding tert-OH is 1. The van der Waals surface area contributed by atoms with Crippen LogP contribution in [0.25, 0.3) is 0 Å². The van der Waals surface area contributed by atoms with Gasteiger partial charge in [0, 0.05) is 12.3 Å². The van der Waals surface area contributed by atoms with Crippen molar-refractivity contribution in [1.29, 1.82) is 0 Å². The Hall–Kier alpha value is -1.28. The maximum absolute atomic E-state index is 11.4. The first kappa shape index (κ1) is 13.8. The van der Waals surface area contributed by atoms with Crippen molar-refractivity contribution in [2.24, 2.45) is 0 Å². The SMILES string of the molecule is O=C(O)CSC[C@@H](C(=O)O)N1CC(O)CC1=O. The lowest BCUT2D eigenvalue weighted by Gasteiger charge is -2.23. The van der Waals surface area contributed by atoms with E-state index in [1.165, 1.54) is 0 Å². The van der Waals surface area contributed by atoms with Crippen LogP contribution in [0.4, 0.5) is 0 Å². The molecule has 0 aromatic rings. The van der Waals surface area contributed by atoms with Crippen LogP contribution >= 0.6 is 11.8 Å². The molecule has 1 amide bonds. The van der Waals surface area contributed by atoms with Gasteiger partial charge < -0.3 is 20.2 Å². The molecule has 0 radical (unpaired) electrons. The van der Waals surface area contributed by atoms with Gasteiger partial charge in [-0.2, -0.15) is 0 Å². The number of hydrogen-bond acceptors (Lipinski definition) is 5. The standard InChI is InChI=1S/C9H13NO6S/c11-5-1-7(12)10(2-5)6(9(15)16)3-17-4-8(13)14/h5-6,11H,1-4H2,(H,13,14)(H,15,16)/t5?,6-/m0/s1. The molecule has 0 aliphatic carbocycles. The van der Waals surface area contributed by atoms with E-state index in [0.29, 0.717) is 0 Å². The first-order chi connectivity index (χ1) is 7.91. The minimum atomic E-state index is -1.19. The van der Waals surface area contributed by atoms with Crippen LogP contribution in [0.3, 0.4) is 0 Å². The van der Waals surface area contributed by atoms with E-state index in [1.54, 1.807) is 0 Å². The molecule has 0 aromatic heterocycles. The summed E-state index contributed by atoms with van der Waals surface area (Å²) in [6.07, 6.45) is -0.915. The van der Waals surface area contributed by atoms with E-state index in [1.807, 2.05) is 0 Å². The second kappa shape index (κ2) is 5.87. The highest BCUT2D eigenvalue weighted by Gasteiger charge is 2.36. The van der Waals surface area contributed by atoms with Gasteiger partial charge in [0.1, 0.15) is 6.04 Å². The lowest BCUT2D eigenvalue weighted by molar-refractivity contribution is -0.147. The number of carbonyl (C=O) groups excluding carboxylic acids is 1. The van der Waals surface area contributed by atoms with Crippen molar-refractivity contribution < 1.29 is 29.7 Å². The summed E-state index contributed by atoms with van der Waals surface area (Å²) in [6, 6.07) is -1.08. The number of hydrogen-bond donors (Lipinski definition) is 3. The van der Waals surface area contributed by atoms with E-state index < -0.39 is 30.0 Å². The minimum absolute atomic E-state index is 0.0000926. The highest BCUT2D eigenvalue weighted by molar-refractivity contribution is 8.00. The van der Waals surface area contributed by atoms with Crippen LogP contribution in [0.1, 0.15) is 6.42 Å². The molecule has 8 heteroatoms. The zero-order valence-corrected chi connectivity index (χ0v) is 9.72. The van der Waals surface area contributed by atoms with Gasteiger partial charge in [-0.25, -0.2) is 4.79 Å². The molecule has 96 valence electrons. The number of amides is 1. The maximum Gasteiger partial charge on any atom is 0.327 e. The van der Waals surface area contributed by atoms with Crippen LogP contribution in [0.5, 0.6) is 0 Å². The number of likely N-dealkylation sites (tertiary alicyclic amines) is 1. The Labute approximate surface area is 101 Å². The van der Waals surface area contributed by atoms with Crippen LogP contribution in [0, 0.1) is 0 Å². The van der Waals surface area contributed by atoms with E-state index in [-0.39, 0.29) is 24.5 Å². The third-order valence-electron chi connectivity index (χ3n) is 2.30. The molecule has 1 fully saturated rings. The molecule has 0 saturated carbocycles. The maximum atomic E-state index is 11.4. The Morgan fingerprint density at radius 2 is 2.12 bits per heavy atom. The van der Waals surface area contributed by atoms with Crippen LogP contribution in [-0.2, 0) is 14.4 Å². The van der Waals surface area contributed by atoms with Crippen LogP contribution in [0.2, 0.25) is 0 Å². The van der Waals surface area contributed by atoms with Crippen molar-refractivity contribution >= 4 is 29.6 Å². The largest absolute Gasteiger partial charge is 0.481 e. The van der Waals surface area contributed by atoms with Gasteiger partial charge in [-0.15, -0.1) is 11.8 Å². The second-order valence-corrected chi connectivity index (χ2v) is 4.70. The molecule has 1 aliphatic rings. The van der Waals surface area contributed by atoms with Gasteiger partial charge in [-0.1, -0.05) is 0 Å². The summed E-state index contributed by atoms with van der Waals surface area (Å²) in [6.45, 7) is -0.0105. The zero-order valence-electron chi connectivity index (χ0n) is 8.90. The summed E-state index contributed by atoms with van der Waals surface area (Å²) in [7, 11) is 0. The molecular weight excluding hydrogens is 250 g/mol. The van der Waals surface area contributed by atoms with Gasteiger partial charge in [-0.3, -0.25) is 9.59 Å². The normalized spacial score (nSPS) is 21.6. The number of rotatable bonds is 6. The number of carboxylic acid groups (broad SMARTS) is 2. The van der Waals surface area contributed by atoms with Gasteiger partial charge in [0.25, 0.3) is 0 Å².